The van der Waals surface area contributed by atoms with Crippen LogP contribution in [0.4, 0.5) is 5.69 Å². The van der Waals surface area contributed by atoms with Crippen LogP contribution in [0, 0.1) is 12.8 Å². The number of nitrogens with two attached hydrogens (primary N) is 1. The van der Waals surface area contributed by atoms with Crippen molar-refractivity contribution < 1.29 is 4.79 Å². The van der Waals surface area contributed by atoms with E-state index in [0.29, 0.717) is 6.04 Å². The fourth-order valence-corrected chi connectivity index (χ4v) is 3.96. The molecule has 2 unspecified atom stereocenters. The maximum atomic E-state index is 12.9. The van der Waals surface area contributed by atoms with Gasteiger partial charge >= 0.3 is 0 Å². The first-order chi connectivity index (χ1) is 9.66. The molecule has 2 fully saturated rings. The Morgan fingerprint density at radius 2 is 1.95 bits per heavy atom. The summed E-state index contributed by atoms with van der Waals surface area (Å²) in [5.74, 6) is 0.939. The molecule has 1 heterocycles. The van der Waals surface area contributed by atoms with E-state index >= 15 is 0 Å². The maximum Gasteiger partial charge on any atom is 0.254 e. The normalized spacial score (nSPS) is 26.1. The second-order valence-electron chi connectivity index (χ2n) is 6.33. The number of hydrogen-bond donors (Lipinski definition) is 1. The van der Waals surface area contributed by atoms with Crippen LogP contribution in [0.2, 0.25) is 0 Å². The minimum atomic E-state index is 0.208. The van der Waals surface area contributed by atoms with Gasteiger partial charge in [-0.2, -0.15) is 0 Å². The molecule has 1 saturated heterocycles. The number of carbonyl (C=O) groups excluding carboxylic acids is 1. The molecule has 20 heavy (non-hydrogen) atoms. The number of anilines is 1. The molecule has 1 aromatic rings. The third-order valence-electron chi connectivity index (χ3n) is 4.98. The van der Waals surface area contributed by atoms with Gasteiger partial charge in [-0.1, -0.05) is 12.8 Å². The lowest BCUT2D eigenvalue weighted by Crippen LogP contribution is -2.49. The predicted molar refractivity (Wildman–Crippen MR) is 81.6 cm³/mol. The second kappa shape index (κ2) is 5.47. The molecule has 0 radical (unpaired) electrons. The van der Waals surface area contributed by atoms with Crippen LogP contribution in [-0.2, 0) is 0 Å². The van der Waals surface area contributed by atoms with Gasteiger partial charge in [-0.3, -0.25) is 4.79 Å². The Hall–Kier alpha value is -1.51. The molecule has 1 aromatic carbocycles. The number of hydrogen-bond acceptors (Lipinski definition) is 2. The third kappa shape index (κ3) is 2.41. The Balaban J connectivity index is 1.85. The molecule has 2 atom stereocenters. The molecular weight excluding hydrogens is 248 g/mol. The van der Waals surface area contributed by atoms with Gasteiger partial charge in [0.15, 0.2) is 0 Å². The zero-order valence-corrected chi connectivity index (χ0v) is 12.3. The Bertz CT molecular complexity index is 510. The first-order valence-corrected chi connectivity index (χ1v) is 7.84. The van der Waals surface area contributed by atoms with Crippen molar-refractivity contribution in [2.24, 2.45) is 5.92 Å². The summed E-state index contributed by atoms with van der Waals surface area (Å²) < 4.78 is 0. The smallest absolute Gasteiger partial charge is 0.254 e. The van der Waals surface area contributed by atoms with E-state index in [1.54, 1.807) is 0 Å². The van der Waals surface area contributed by atoms with Gasteiger partial charge in [0.2, 0.25) is 0 Å². The van der Waals surface area contributed by atoms with Gasteiger partial charge in [0, 0.05) is 23.8 Å². The average molecular weight is 272 g/mol. The van der Waals surface area contributed by atoms with E-state index in [-0.39, 0.29) is 5.91 Å². The monoisotopic (exact) mass is 272 g/mol. The van der Waals surface area contributed by atoms with Crippen molar-refractivity contribution >= 4 is 11.6 Å². The molecule has 1 saturated carbocycles. The van der Waals surface area contributed by atoms with Crippen LogP contribution in [0.15, 0.2) is 18.2 Å². The van der Waals surface area contributed by atoms with Crippen molar-refractivity contribution in [1.29, 1.82) is 0 Å². The highest BCUT2D eigenvalue weighted by Crippen LogP contribution is 2.36. The van der Waals surface area contributed by atoms with Crippen LogP contribution in [-0.4, -0.2) is 23.4 Å². The van der Waals surface area contributed by atoms with Gasteiger partial charge in [0.1, 0.15) is 0 Å². The molecule has 3 heteroatoms. The molecular formula is C17H24N2O. The average Bonchev–Trinajstić information content (AvgIpc) is 2.46. The van der Waals surface area contributed by atoms with E-state index < -0.39 is 0 Å². The minimum Gasteiger partial charge on any atom is -0.399 e. The van der Waals surface area contributed by atoms with E-state index in [2.05, 4.69) is 4.90 Å². The molecule has 3 rings (SSSR count). The number of aryl methyl sites for hydroxylation is 1. The number of likely N-dealkylation sites (tertiary alicyclic amines) is 1. The van der Waals surface area contributed by atoms with Gasteiger partial charge in [-0.05, 0) is 62.3 Å². The highest BCUT2D eigenvalue weighted by atomic mass is 16.2. The van der Waals surface area contributed by atoms with E-state index in [0.717, 1.165) is 35.7 Å². The molecule has 3 nitrogen and oxygen atoms in total. The van der Waals surface area contributed by atoms with Crippen molar-refractivity contribution in [2.75, 3.05) is 12.3 Å². The topological polar surface area (TPSA) is 46.3 Å². The van der Waals surface area contributed by atoms with E-state index in [1.807, 2.05) is 25.1 Å². The summed E-state index contributed by atoms with van der Waals surface area (Å²) in [6.07, 6.45) is 7.55. The fraction of sp³-hybridized carbons (Fsp3) is 0.588. The van der Waals surface area contributed by atoms with E-state index in [1.165, 1.54) is 32.1 Å². The van der Waals surface area contributed by atoms with Crippen LogP contribution in [0.3, 0.4) is 0 Å². The molecule has 0 aromatic heterocycles. The van der Waals surface area contributed by atoms with Gasteiger partial charge in [0.25, 0.3) is 5.91 Å². The molecule has 0 spiro atoms. The van der Waals surface area contributed by atoms with Gasteiger partial charge < -0.3 is 10.6 Å². The first-order valence-electron chi connectivity index (χ1n) is 7.84. The minimum absolute atomic E-state index is 0.208. The highest BCUT2D eigenvalue weighted by molar-refractivity contribution is 5.96. The lowest BCUT2D eigenvalue weighted by Gasteiger charge is -2.44. The number of benzene rings is 1. The van der Waals surface area contributed by atoms with Crippen molar-refractivity contribution in [3.8, 4) is 0 Å². The SMILES string of the molecule is Cc1cc(N)ccc1C(=O)N1CCCC2CCCCC21. The standard InChI is InChI=1S/C17H24N2O/c1-12-11-14(18)8-9-15(12)17(20)19-10-4-6-13-5-2-3-7-16(13)19/h8-9,11,13,16H,2-7,10,18H2,1H3. The van der Waals surface area contributed by atoms with E-state index in [4.69, 9.17) is 5.73 Å². The summed E-state index contributed by atoms with van der Waals surface area (Å²) >= 11 is 0. The summed E-state index contributed by atoms with van der Waals surface area (Å²) in [7, 11) is 0. The largest absolute Gasteiger partial charge is 0.399 e. The third-order valence-corrected chi connectivity index (χ3v) is 4.98. The maximum absolute atomic E-state index is 12.9. The van der Waals surface area contributed by atoms with Crippen molar-refractivity contribution in [3.05, 3.63) is 29.3 Å². The number of nitrogen functional groups attached to an aromatic ring is 1. The zero-order chi connectivity index (χ0) is 14.1. The molecule has 1 aliphatic carbocycles. The molecule has 0 bridgehead atoms. The zero-order valence-electron chi connectivity index (χ0n) is 12.3. The summed E-state index contributed by atoms with van der Waals surface area (Å²) in [6, 6.07) is 6.10. The first kappa shape index (κ1) is 13.5. The summed E-state index contributed by atoms with van der Waals surface area (Å²) in [5.41, 5.74) is 8.34. The van der Waals surface area contributed by atoms with Crippen LogP contribution in [0.5, 0.6) is 0 Å². The molecule has 2 N–H and O–H groups in total. The number of amides is 1. The van der Waals surface area contributed by atoms with Gasteiger partial charge in [0.05, 0.1) is 0 Å². The number of fused-ring (bicyclic) bond motifs is 1. The number of rotatable bonds is 1. The van der Waals surface area contributed by atoms with Crippen LogP contribution in [0.25, 0.3) is 0 Å². The molecule has 108 valence electrons. The second-order valence-corrected chi connectivity index (χ2v) is 6.33. The lowest BCUT2D eigenvalue weighted by atomic mass is 9.78. The summed E-state index contributed by atoms with van der Waals surface area (Å²) in [4.78, 5) is 15.0. The fourth-order valence-electron chi connectivity index (χ4n) is 3.96. The number of piperidine rings is 1. The van der Waals surface area contributed by atoms with Gasteiger partial charge in [-0.25, -0.2) is 0 Å². The number of nitrogens with zero attached hydrogens (tertiary/aromatic N) is 1. The highest BCUT2D eigenvalue weighted by Gasteiger charge is 2.36. The Kier molecular flexibility index (Phi) is 3.68. The Morgan fingerprint density at radius 3 is 2.75 bits per heavy atom. The Morgan fingerprint density at radius 1 is 1.20 bits per heavy atom. The summed E-state index contributed by atoms with van der Waals surface area (Å²) in [6.45, 7) is 2.90. The van der Waals surface area contributed by atoms with Crippen molar-refractivity contribution in [1.82, 2.24) is 4.90 Å². The lowest BCUT2D eigenvalue weighted by molar-refractivity contribution is 0.0390. The molecule has 1 aliphatic heterocycles. The van der Waals surface area contributed by atoms with Crippen molar-refractivity contribution in [3.63, 3.8) is 0 Å². The molecule has 2 aliphatic rings. The van der Waals surface area contributed by atoms with Crippen LogP contribution >= 0.6 is 0 Å². The Labute approximate surface area is 121 Å². The quantitative estimate of drug-likeness (QED) is 0.797. The van der Waals surface area contributed by atoms with Crippen LogP contribution in [0.1, 0.15) is 54.4 Å². The predicted octanol–water partition coefficient (Wildman–Crippen LogP) is 3.37. The van der Waals surface area contributed by atoms with Crippen LogP contribution < -0.4 is 5.73 Å². The van der Waals surface area contributed by atoms with Crippen molar-refractivity contribution in [2.45, 2.75) is 51.5 Å². The summed E-state index contributed by atoms with van der Waals surface area (Å²) in [5, 5.41) is 0. The molecule has 1 amide bonds. The van der Waals surface area contributed by atoms with E-state index in [9.17, 15) is 4.79 Å². The van der Waals surface area contributed by atoms with Gasteiger partial charge in [-0.15, -0.1) is 0 Å². The number of carbonyl (C=O) groups is 1.